The van der Waals surface area contributed by atoms with E-state index in [0.29, 0.717) is 16.8 Å². The predicted molar refractivity (Wildman–Crippen MR) is 99.1 cm³/mol. The van der Waals surface area contributed by atoms with Crippen LogP contribution in [0.3, 0.4) is 0 Å². The van der Waals surface area contributed by atoms with Gasteiger partial charge in [-0.05, 0) is 25.2 Å². The number of primary amides is 1. The van der Waals surface area contributed by atoms with Crippen LogP contribution in [0.1, 0.15) is 13.3 Å². The highest BCUT2D eigenvalue weighted by Crippen LogP contribution is 2.45. The number of hydrogen-bond donors (Lipinski definition) is 3. The molecule has 0 spiro atoms. The highest BCUT2D eigenvalue weighted by molar-refractivity contribution is 6.32. The Labute approximate surface area is 155 Å². The number of halogens is 1. The van der Waals surface area contributed by atoms with E-state index in [2.05, 4.69) is 37.9 Å². The van der Waals surface area contributed by atoms with Gasteiger partial charge in [0, 0.05) is 18.8 Å². The molecule has 2 heterocycles. The van der Waals surface area contributed by atoms with Crippen molar-refractivity contribution in [1.82, 2.24) is 19.7 Å². The third kappa shape index (κ3) is 3.01. The molecule has 0 radical (unpaired) electrons. The topological polar surface area (TPSA) is 111 Å². The van der Waals surface area contributed by atoms with Gasteiger partial charge in [0.2, 0.25) is 11.9 Å². The second-order valence-corrected chi connectivity index (χ2v) is 7.05. The molecule has 2 aromatic heterocycles. The first-order valence-electron chi connectivity index (χ1n) is 8.61. The molecule has 0 aliphatic heterocycles. The van der Waals surface area contributed by atoms with Gasteiger partial charge in [-0.1, -0.05) is 23.8 Å². The Balaban J connectivity index is 1.55. The van der Waals surface area contributed by atoms with Gasteiger partial charge in [-0.3, -0.25) is 9.48 Å². The molecule has 2 aliphatic carbocycles. The van der Waals surface area contributed by atoms with Crippen LogP contribution in [-0.2, 0) is 11.3 Å². The predicted octanol–water partition coefficient (Wildman–Crippen LogP) is 2.18. The van der Waals surface area contributed by atoms with Crippen molar-refractivity contribution in [2.24, 2.45) is 23.5 Å². The molecule has 8 nitrogen and oxygen atoms in total. The number of aryl methyl sites for hydroxylation is 1. The molecular formula is C17H20ClN7O. The van der Waals surface area contributed by atoms with E-state index in [1.807, 2.05) is 13.1 Å². The summed E-state index contributed by atoms with van der Waals surface area (Å²) >= 11 is 6.27. The fourth-order valence-electron chi connectivity index (χ4n) is 3.82. The molecule has 0 aromatic carbocycles. The van der Waals surface area contributed by atoms with E-state index in [1.54, 1.807) is 10.9 Å². The van der Waals surface area contributed by atoms with Crippen LogP contribution in [0.5, 0.6) is 0 Å². The summed E-state index contributed by atoms with van der Waals surface area (Å²) in [6.07, 6.45) is 10.3. The van der Waals surface area contributed by atoms with Crippen molar-refractivity contribution >= 4 is 35.0 Å². The zero-order valence-corrected chi connectivity index (χ0v) is 15.0. The molecule has 1 amide bonds. The average Bonchev–Trinajstić information content (AvgIpc) is 3.33. The van der Waals surface area contributed by atoms with E-state index in [4.69, 9.17) is 17.3 Å². The second-order valence-electron chi connectivity index (χ2n) is 6.65. The molecule has 0 saturated heterocycles. The van der Waals surface area contributed by atoms with Crippen molar-refractivity contribution in [3.8, 4) is 0 Å². The minimum atomic E-state index is -0.296. The Bertz CT molecular complexity index is 865. The lowest BCUT2D eigenvalue weighted by atomic mass is 9.88. The number of carbonyl (C=O) groups excluding carboxylic acids is 1. The number of nitrogens with two attached hydrogens (primary N) is 1. The molecule has 2 bridgehead atoms. The van der Waals surface area contributed by atoms with Crippen LogP contribution in [0.25, 0.3) is 0 Å². The van der Waals surface area contributed by atoms with Crippen molar-refractivity contribution in [2.75, 3.05) is 10.6 Å². The monoisotopic (exact) mass is 373 g/mol. The third-order valence-corrected chi connectivity index (χ3v) is 5.33. The lowest BCUT2D eigenvalue weighted by Gasteiger charge is -2.27. The number of fused-ring (bicyclic) bond motifs is 2. The lowest BCUT2D eigenvalue weighted by Crippen LogP contribution is -2.41. The summed E-state index contributed by atoms with van der Waals surface area (Å²) in [6, 6.07) is -0.106. The van der Waals surface area contributed by atoms with Crippen LogP contribution < -0.4 is 16.4 Å². The molecule has 0 unspecified atom stereocenters. The maximum absolute atomic E-state index is 11.9. The van der Waals surface area contributed by atoms with Gasteiger partial charge in [-0.25, -0.2) is 4.98 Å². The minimum Gasteiger partial charge on any atom is -0.369 e. The molecule has 1 saturated carbocycles. The summed E-state index contributed by atoms with van der Waals surface area (Å²) in [6.45, 7) is 2.79. The average molecular weight is 374 g/mol. The van der Waals surface area contributed by atoms with Crippen molar-refractivity contribution in [1.29, 1.82) is 0 Å². The summed E-state index contributed by atoms with van der Waals surface area (Å²) in [4.78, 5) is 20.6. The standard InChI is InChI=1S/C17H20ClN7O/c1-2-25-8-11(6-21-25)22-17-20-7-12(18)16(24-17)23-14-10-4-3-9(5-10)13(14)15(19)26/h3-4,6-10,13-14H,2,5H2,1H3,(H2,19,26)(H2,20,22,23,24)/t9-,10+,13+,14-/m0/s1. The SMILES string of the molecule is CCn1cc(Nc2ncc(Cl)c(N[C@@H]3[C@H](C(N)=O)[C@H]4C=C[C@@H]3C4)n2)cn1. The zero-order valence-electron chi connectivity index (χ0n) is 14.3. The number of allylic oxidation sites excluding steroid dienone is 1. The van der Waals surface area contributed by atoms with Gasteiger partial charge in [0.1, 0.15) is 5.02 Å². The first kappa shape index (κ1) is 16.8. The Hall–Kier alpha value is -2.61. The van der Waals surface area contributed by atoms with Crippen molar-refractivity contribution in [3.05, 3.63) is 35.8 Å². The minimum absolute atomic E-state index is 0.106. The van der Waals surface area contributed by atoms with Gasteiger partial charge in [-0.15, -0.1) is 0 Å². The van der Waals surface area contributed by atoms with Gasteiger partial charge < -0.3 is 16.4 Å². The molecule has 1 fully saturated rings. The molecule has 4 N–H and O–H groups in total. The van der Waals surface area contributed by atoms with Crippen LogP contribution in [0.4, 0.5) is 17.5 Å². The highest BCUT2D eigenvalue weighted by atomic mass is 35.5. The van der Waals surface area contributed by atoms with Crippen LogP contribution in [0, 0.1) is 17.8 Å². The van der Waals surface area contributed by atoms with Crippen LogP contribution in [-0.4, -0.2) is 31.7 Å². The van der Waals surface area contributed by atoms with Gasteiger partial charge in [0.25, 0.3) is 0 Å². The first-order chi connectivity index (χ1) is 12.5. The summed E-state index contributed by atoms with van der Waals surface area (Å²) in [7, 11) is 0. The van der Waals surface area contributed by atoms with E-state index in [0.717, 1.165) is 18.7 Å². The molecule has 136 valence electrons. The third-order valence-electron chi connectivity index (χ3n) is 5.05. The summed E-state index contributed by atoms with van der Waals surface area (Å²) in [5, 5.41) is 11.0. The normalized spacial score (nSPS) is 26.2. The van der Waals surface area contributed by atoms with Gasteiger partial charge in [-0.2, -0.15) is 10.1 Å². The van der Waals surface area contributed by atoms with Crippen LogP contribution in [0.2, 0.25) is 5.02 Å². The van der Waals surface area contributed by atoms with Crippen molar-refractivity contribution < 1.29 is 4.79 Å². The fourth-order valence-corrected chi connectivity index (χ4v) is 3.97. The van der Waals surface area contributed by atoms with Crippen LogP contribution in [0.15, 0.2) is 30.7 Å². The highest BCUT2D eigenvalue weighted by Gasteiger charge is 2.47. The number of hydrogen-bond acceptors (Lipinski definition) is 6. The Morgan fingerprint density at radius 3 is 2.92 bits per heavy atom. The molecule has 26 heavy (non-hydrogen) atoms. The van der Waals surface area contributed by atoms with E-state index < -0.39 is 0 Å². The summed E-state index contributed by atoms with van der Waals surface area (Å²) in [5.74, 6) is 0.784. The molecular weight excluding hydrogens is 354 g/mol. The Morgan fingerprint density at radius 1 is 1.38 bits per heavy atom. The van der Waals surface area contributed by atoms with E-state index in [1.165, 1.54) is 6.20 Å². The number of carbonyl (C=O) groups is 1. The smallest absolute Gasteiger partial charge is 0.229 e. The first-order valence-corrected chi connectivity index (χ1v) is 8.99. The number of aromatic nitrogens is 4. The maximum Gasteiger partial charge on any atom is 0.229 e. The molecule has 9 heteroatoms. The van der Waals surface area contributed by atoms with E-state index >= 15 is 0 Å². The van der Waals surface area contributed by atoms with E-state index in [9.17, 15) is 4.79 Å². The molecule has 2 aromatic rings. The number of nitrogens with zero attached hydrogens (tertiary/aromatic N) is 4. The summed E-state index contributed by atoms with van der Waals surface area (Å²) in [5.41, 5.74) is 6.40. The van der Waals surface area contributed by atoms with Crippen LogP contribution >= 0.6 is 11.6 Å². The number of rotatable bonds is 6. The lowest BCUT2D eigenvalue weighted by molar-refractivity contribution is -0.122. The van der Waals surface area contributed by atoms with Crippen molar-refractivity contribution in [3.63, 3.8) is 0 Å². The van der Waals surface area contributed by atoms with Gasteiger partial charge >= 0.3 is 0 Å². The number of amides is 1. The van der Waals surface area contributed by atoms with Gasteiger partial charge in [0.15, 0.2) is 5.82 Å². The van der Waals surface area contributed by atoms with Crippen molar-refractivity contribution in [2.45, 2.75) is 25.9 Å². The second kappa shape index (κ2) is 6.60. The quantitative estimate of drug-likeness (QED) is 0.669. The largest absolute Gasteiger partial charge is 0.369 e. The number of nitrogens with one attached hydrogen (secondary N) is 2. The maximum atomic E-state index is 11.9. The number of anilines is 3. The summed E-state index contributed by atoms with van der Waals surface area (Å²) < 4.78 is 1.80. The molecule has 4 rings (SSSR count). The van der Waals surface area contributed by atoms with E-state index in [-0.39, 0.29) is 29.7 Å². The van der Waals surface area contributed by atoms with Gasteiger partial charge in [0.05, 0.1) is 24.0 Å². The molecule has 4 atom stereocenters. The molecule has 2 aliphatic rings. The Morgan fingerprint density at radius 2 is 2.19 bits per heavy atom. The Kier molecular flexibility index (Phi) is 4.28. The zero-order chi connectivity index (χ0) is 18.3. The fraction of sp³-hybridized carbons (Fsp3) is 0.412.